The Morgan fingerprint density at radius 3 is 2.37 bits per heavy atom. The van der Waals surface area contributed by atoms with Gasteiger partial charge in [0.15, 0.2) is 0 Å². The molecule has 1 aromatic heterocycles. The quantitative estimate of drug-likeness (QED) is 0.700. The van der Waals surface area contributed by atoms with Crippen LogP contribution < -0.4 is 5.73 Å². The van der Waals surface area contributed by atoms with Crippen LogP contribution >= 0.6 is 11.3 Å². The maximum Gasteiger partial charge on any atom is 0.126 e. The van der Waals surface area contributed by atoms with Crippen molar-refractivity contribution in [2.75, 3.05) is 5.73 Å². The Bertz CT molecular complexity index is 702. The number of rotatable bonds is 2. The first kappa shape index (κ1) is 11.9. The summed E-state index contributed by atoms with van der Waals surface area (Å²) < 4.78 is 0. The molecule has 3 heteroatoms. The second-order valence-electron chi connectivity index (χ2n) is 4.38. The summed E-state index contributed by atoms with van der Waals surface area (Å²) in [5.41, 5.74) is 10.00. The number of aryl methyl sites for hydroxylation is 1. The highest BCUT2D eigenvalue weighted by atomic mass is 32.1. The predicted octanol–water partition coefficient (Wildman–Crippen LogP) is 4.37. The van der Waals surface area contributed by atoms with Crippen LogP contribution in [0.25, 0.3) is 21.8 Å². The van der Waals surface area contributed by atoms with Gasteiger partial charge in [-0.25, -0.2) is 4.98 Å². The third-order valence-corrected chi connectivity index (χ3v) is 4.04. The summed E-state index contributed by atoms with van der Waals surface area (Å²) in [5.74, 6) is 0. The molecule has 0 aliphatic rings. The lowest BCUT2D eigenvalue weighted by atomic mass is 10.1. The number of benzene rings is 2. The van der Waals surface area contributed by atoms with Crippen LogP contribution in [0.15, 0.2) is 54.6 Å². The first-order valence-corrected chi connectivity index (χ1v) is 6.95. The summed E-state index contributed by atoms with van der Waals surface area (Å²) >= 11 is 1.69. The van der Waals surface area contributed by atoms with E-state index >= 15 is 0 Å². The van der Waals surface area contributed by atoms with Crippen LogP contribution in [0.4, 0.5) is 5.69 Å². The van der Waals surface area contributed by atoms with Crippen molar-refractivity contribution >= 4 is 17.0 Å². The van der Waals surface area contributed by atoms with E-state index in [9.17, 15) is 0 Å². The molecule has 0 aliphatic carbocycles. The van der Waals surface area contributed by atoms with E-state index in [0.717, 1.165) is 27.5 Å². The van der Waals surface area contributed by atoms with Gasteiger partial charge in [-0.1, -0.05) is 42.5 Å². The van der Waals surface area contributed by atoms with E-state index in [1.807, 2.05) is 42.5 Å². The minimum Gasteiger partial charge on any atom is -0.398 e. The van der Waals surface area contributed by atoms with Gasteiger partial charge in [-0.05, 0) is 19.1 Å². The average molecular weight is 266 g/mol. The Morgan fingerprint density at radius 1 is 0.947 bits per heavy atom. The van der Waals surface area contributed by atoms with Gasteiger partial charge in [0, 0.05) is 21.7 Å². The van der Waals surface area contributed by atoms with Crippen molar-refractivity contribution in [3.8, 4) is 21.8 Å². The van der Waals surface area contributed by atoms with Crippen molar-refractivity contribution in [2.45, 2.75) is 6.92 Å². The van der Waals surface area contributed by atoms with Crippen LogP contribution in [0.3, 0.4) is 0 Å². The van der Waals surface area contributed by atoms with E-state index in [1.54, 1.807) is 11.3 Å². The topological polar surface area (TPSA) is 38.9 Å². The first-order chi connectivity index (χ1) is 9.25. The molecule has 2 N–H and O–H groups in total. The molecule has 1 heterocycles. The van der Waals surface area contributed by atoms with Crippen LogP contribution in [0, 0.1) is 6.92 Å². The van der Waals surface area contributed by atoms with E-state index in [2.05, 4.69) is 19.1 Å². The molecular weight excluding hydrogens is 252 g/mol. The zero-order chi connectivity index (χ0) is 13.2. The van der Waals surface area contributed by atoms with Crippen LogP contribution in [-0.2, 0) is 0 Å². The fraction of sp³-hybridized carbons (Fsp3) is 0.0625. The summed E-state index contributed by atoms with van der Waals surface area (Å²) in [5, 5.41) is 0.981. The Balaban J connectivity index is 2.10. The molecule has 0 spiro atoms. The molecule has 0 atom stereocenters. The van der Waals surface area contributed by atoms with E-state index in [1.165, 1.54) is 4.88 Å². The molecule has 0 bridgehead atoms. The lowest BCUT2D eigenvalue weighted by Gasteiger charge is -2.00. The number of anilines is 1. The molecule has 2 nitrogen and oxygen atoms in total. The number of hydrogen-bond acceptors (Lipinski definition) is 3. The number of nitrogens with zero attached hydrogens (tertiary/aromatic N) is 1. The van der Waals surface area contributed by atoms with E-state index in [0.29, 0.717) is 0 Å². The predicted molar refractivity (Wildman–Crippen MR) is 82.1 cm³/mol. The molecule has 19 heavy (non-hydrogen) atoms. The number of thiazole rings is 1. The van der Waals surface area contributed by atoms with Gasteiger partial charge in [-0.2, -0.15) is 0 Å². The number of para-hydroxylation sites is 1. The highest BCUT2D eigenvalue weighted by Crippen LogP contribution is 2.35. The van der Waals surface area contributed by atoms with Gasteiger partial charge in [0.1, 0.15) is 5.01 Å². The maximum atomic E-state index is 6.02. The van der Waals surface area contributed by atoms with Crippen LogP contribution in [-0.4, -0.2) is 4.98 Å². The molecule has 0 saturated heterocycles. The number of nitrogens with two attached hydrogens (primary N) is 1. The van der Waals surface area contributed by atoms with Crippen molar-refractivity contribution in [1.82, 2.24) is 4.98 Å². The molecule has 0 radical (unpaired) electrons. The van der Waals surface area contributed by atoms with Gasteiger partial charge in [-0.3, -0.25) is 0 Å². The van der Waals surface area contributed by atoms with Crippen molar-refractivity contribution in [2.24, 2.45) is 0 Å². The maximum absolute atomic E-state index is 6.02. The molecule has 2 aromatic carbocycles. The van der Waals surface area contributed by atoms with E-state index in [-0.39, 0.29) is 0 Å². The van der Waals surface area contributed by atoms with Gasteiger partial charge >= 0.3 is 0 Å². The highest BCUT2D eigenvalue weighted by Gasteiger charge is 2.12. The Labute approximate surface area is 116 Å². The SMILES string of the molecule is Cc1sc(-c2ccccc2N)nc1-c1ccccc1. The van der Waals surface area contributed by atoms with E-state index in [4.69, 9.17) is 10.7 Å². The summed E-state index contributed by atoms with van der Waals surface area (Å²) in [4.78, 5) is 5.96. The zero-order valence-electron chi connectivity index (χ0n) is 10.6. The Hall–Kier alpha value is -2.13. The monoisotopic (exact) mass is 266 g/mol. The number of nitrogen functional groups attached to an aromatic ring is 1. The highest BCUT2D eigenvalue weighted by molar-refractivity contribution is 7.15. The van der Waals surface area contributed by atoms with Crippen LogP contribution in [0.5, 0.6) is 0 Å². The summed E-state index contributed by atoms with van der Waals surface area (Å²) in [6.45, 7) is 2.10. The first-order valence-electron chi connectivity index (χ1n) is 6.13. The number of aromatic nitrogens is 1. The zero-order valence-corrected chi connectivity index (χ0v) is 11.4. The minimum absolute atomic E-state index is 0.774. The average Bonchev–Trinajstić information content (AvgIpc) is 2.82. The standard InChI is InChI=1S/C16H14N2S/c1-11-15(12-7-3-2-4-8-12)18-16(19-11)13-9-5-6-10-14(13)17/h2-10H,17H2,1H3. The minimum atomic E-state index is 0.774. The molecule has 3 aromatic rings. The van der Waals surface area contributed by atoms with Crippen LogP contribution in [0.2, 0.25) is 0 Å². The molecule has 0 aliphatic heterocycles. The molecule has 3 rings (SSSR count). The van der Waals surface area contributed by atoms with Gasteiger partial charge in [0.2, 0.25) is 0 Å². The second-order valence-corrected chi connectivity index (χ2v) is 5.58. The molecular formula is C16H14N2S. The summed E-state index contributed by atoms with van der Waals surface area (Å²) in [6.07, 6.45) is 0. The van der Waals surface area contributed by atoms with Gasteiger partial charge in [0.25, 0.3) is 0 Å². The van der Waals surface area contributed by atoms with Crippen molar-refractivity contribution in [3.05, 3.63) is 59.5 Å². The van der Waals surface area contributed by atoms with Crippen molar-refractivity contribution in [3.63, 3.8) is 0 Å². The van der Waals surface area contributed by atoms with Gasteiger partial charge < -0.3 is 5.73 Å². The third kappa shape index (κ3) is 2.25. The number of hydrogen-bond donors (Lipinski definition) is 1. The van der Waals surface area contributed by atoms with Gasteiger partial charge in [-0.15, -0.1) is 11.3 Å². The molecule has 0 saturated carbocycles. The van der Waals surface area contributed by atoms with Crippen molar-refractivity contribution < 1.29 is 0 Å². The summed E-state index contributed by atoms with van der Waals surface area (Å²) in [6, 6.07) is 18.1. The lowest BCUT2D eigenvalue weighted by Crippen LogP contribution is -1.88. The molecule has 0 unspecified atom stereocenters. The lowest BCUT2D eigenvalue weighted by molar-refractivity contribution is 1.37. The fourth-order valence-corrected chi connectivity index (χ4v) is 3.05. The normalized spacial score (nSPS) is 10.6. The summed E-state index contributed by atoms with van der Waals surface area (Å²) in [7, 11) is 0. The van der Waals surface area contributed by atoms with Crippen LogP contribution in [0.1, 0.15) is 4.88 Å². The largest absolute Gasteiger partial charge is 0.398 e. The van der Waals surface area contributed by atoms with Gasteiger partial charge in [0.05, 0.1) is 5.69 Å². The third-order valence-electron chi connectivity index (χ3n) is 3.04. The van der Waals surface area contributed by atoms with Crippen molar-refractivity contribution in [1.29, 1.82) is 0 Å². The Kier molecular flexibility index (Phi) is 3.05. The second kappa shape index (κ2) is 4.86. The smallest absolute Gasteiger partial charge is 0.126 e. The molecule has 0 fully saturated rings. The molecule has 0 amide bonds. The fourth-order valence-electron chi connectivity index (χ4n) is 2.07. The Morgan fingerprint density at radius 2 is 1.63 bits per heavy atom. The van der Waals surface area contributed by atoms with E-state index < -0.39 is 0 Å². The molecule has 94 valence electrons.